The SMILES string of the molecule is CCOc1ccc(/C(O)=C2/C(=O)C(=O)N(c3cc(F)ccc3F)C2c2cccc(C)c2)cc1C(C)C. The minimum Gasteiger partial charge on any atom is -0.507 e. The molecule has 5 nitrogen and oxygen atoms in total. The Kier molecular flexibility index (Phi) is 6.93. The lowest BCUT2D eigenvalue weighted by atomic mass is 9.92. The molecule has 1 N–H and O–H groups in total. The lowest BCUT2D eigenvalue weighted by Crippen LogP contribution is -2.30. The summed E-state index contributed by atoms with van der Waals surface area (Å²) in [5.41, 5.74) is 1.87. The zero-order chi connectivity index (χ0) is 26.1. The summed E-state index contributed by atoms with van der Waals surface area (Å²) in [6.45, 7) is 8.11. The van der Waals surface area contributed by atoms with Gasteiger partial charge in [0.1, 0.15) is 23.1 Å². The van der Waals surface area contributed by atoms with Crippen molar-refractivity contribution >= 4 is 23.1 Å². The quantitative estimate of drug-likeness (QED) is 0.245. The first-order valence-electron chi connectivity index (χ1n) is 11.7. The van der Waals surface area contributed by atoms with Crippen LogP contribution in [-0.4, -0.2) is 23.4 Å². The molecule has 1 saturated heterocycles. The fraction of sp³-hybridized carbons (Fsp3) is 0.241. The molecule has 4 rings (SSSR count). The molecule has 1 unspecified atom stereocenters. The van der Waals surface area contributed by atoms with Crippen molar-refractivity contribution in [1.29, 1.82) is 0 Å². The number of aliphatic hydroxyl groups is 1. The van der Waals surface area contributed by atoms with E-state index in [2.05, 4.69) is 0 Å². The molecular formula is C29H27F2NO4. The van der Waals surface area contributed by atoms with Gasteiger partial charge < -0.3 is 9.84 Å². The van der Waals surface area contributed by atoms with Crippen molar-refractivity contribution in [3.8, 4) is 5.75 Å². The Bertz CT molecular complexity index is 1380. The number of hydrogen-bond donors (Lipinski definition) is 1. The third-order valence-electron chi connectivity index (χ3n) is 6.18. The molecule has 1 heterocycles. The van der Waals surface area contributed by atoms with Crippen molar-refractivity contribution in [1.82, 2.24) is 0 Å². The van der Waals surface area contributed by atoms with Crippen molar-refractivity contribution in [3.63, 3.8) is 0 Å². The maximum atomic E-state index is 14.8. The zero-order valence-electron chi connectivity index (χ0n) is 20.5. The number of carbonyl (C=O) groups excluding carboxylic acids is 2. The number of ketones is 1. The van der Waals surface area contributed by atoms with Crippen molar-refractivity contribution in [3.05, 3.63) is 100 Å². The average molecular weight is 492 g/mol. The number of Topliss-reactive ketones (excluding diaryl/α,β-unsaturated/α-hetero) is 1. The molecule has 0 bridgehead atoms. The minimum absolute atomic E-state index is 0.0515. The number of benzene rings is 3. The molecule has 1 aliphatic rings. The van der Waals surface area contributed by atoms with Gasteiger partial charge in [-0.1, -0.05) is 43.7 Å². The molecule has 0 aliphatic carbocycles. The first-order valence-corrected chi connectivity index (χ1v) is 11.7. The van der Waals surface area contributed by atoms with Crippen LogP contribution < -0.4 is 9.64 Å². The van der Waals surface area contributed by atoms with Crippen molar-refractivity contribution < 1.29 is 28.2 Å². The van der Waals surface area contributed by atoms with Crippen LogP contribution in [0, 0.1) is 18.6 Å². The van der Waals surface area contributed by atoms with Crippen LogP contribution in [-0.2, 0) is 9.59 Å². The molecule has 7 heteroatoms. The molecular weight excluding hydrogens is 464 g/mol. The first-order chi connectivity index (χ1) is 17.1. The van der Waals surface area contributed by atoms with Crippen LogP contribution in [0.15, 0.2) is 66.2 Å². The van der Waals surface area contributed by atoms with E-state index in [4.69, 9.17) is 4.74 Å². The van der Waals surface area contributed by atoms with Crippen molar-refractivity contribution in [2.75, 3.05) is 11.5 Å². The van der Waals surface area contributed by atoms with Gasteiger partial charge >= 0.3 is 0 Å². The Morgan fingerprint density at radius 2 is 1.81 bits per heavy atom. The van der Waals surface area contributed by atoms with E-state index >= 15 is 0 Å². The second kappa shape index (κ2) is 9.93. The fourth-order valence-electron chi connectivity index (χ4n) is 4.50. The summed E-state index contributed by atoms with van der Waals surface area (Å²) < 4.78 is 34.6. The third kappa shape index (κ3) is 4.49. The Hall–Kier alpha value is -4.00. The van der Waals surface area contributed by atoms with Crippen LogP contribution in [0.3, 0.4) is 0 Å². The highest BCUT2D eigenvalue weighted by Gasteiger charge is 2.48. The lowest BCUT2D eigenvalue weighted by Gasteiger charge is -2.26. The largest absolute Gasteiger partial charge is 0.507 e. The number of ether oxygens (including phenoxy) is 1. The molecule has 3 aromatic rings. The van der Waals surface area contributed by atoms with E-state index in [-0.39, 0.29) is 17.2 Å². The minimum atomic E-state index is -1.16. The van der Waals surface area contributed by atoms with Crippen molar-refractivity contribution in [2.45, 2.75) is 39.7 Å². The van der Waals surface area contributed by atoms with Gasteiger partial charge in [-0.15, -0.1) is 0 Å². The van der Waals surface area contributed by atoms with E-state index in [9.17, 15) is 23.5 Å². The number of hydrogen-bond acceptors (Lipinski definition) is 4. The summed E-state index contributed by atoms with van der Waals surface area (Å²) in [5.74, 6) is -3.35. The van der Waals surface area contributed by atoms with E-state index in [1.165, 1.54) is 0 Å². The predicted molar refractivity (Wildman–Crippen MR) is 134 cm³/mol. The average Bonchev–Trinajstić information content (AvgIpc) is 3.10. The Balaban J connectivity index is 1.97. The highest BCUT2D eigenvalue weighted by atomic mass is 19.1. The maximum absolute atomic E-state index is 14.8. The van der Waals surface area contributed by atoms with Gasteiger partial charge in [0.05, 0.1) is 23.9 Å². The molecule has 186 valence electrons. The Morgan fingerprint density at radius 3 is 2.47 bits per heavy atom. The summed E-state index contributed by atoms with van der Waals surface area (Å²) in [6, 6.07) is 13.6. The van der Waals surface area contributed by atoms with Gasteiger partial charge in [0.2, 0.25) is 0 Å². The molecule has 0 radical (unpaired) electrons. The van der Waals surface area contributed by atoms with Crippen molar-refractivity contribution in [2.24, 2.45) is 0 Å². The van der Waals surface area contributed by atoms with Crippen LogP contribution in [0.25, 0.3) is 5.76 Å². The van der Waals surface area contributed by atoms with Gasteiger partial charge in [0.15, 0.2) is 0 Å². The van der Waals surface area contributed by atoms with Crippen LogP contribution >= 0.6 is 0 Å². The number of amides is 1. The van der Waals surface area contributed by atoms with E-state index in [1.54, 1.807) is 36.4 Å². The van der Waals surface area contributed by atoms with Crippen LogP contribution in [0.2, 0.25) is 0 Å². The molecule has 1 atom stereocenters. The number of aliphatic hydroxyl groups excluding tert-OH is 1. The van der Waals surface area contributed by atoms with Crippen LogP contribution in [0.4, 0.5) is 14.5 Å². The van der Waals surface area contributed by atoms with Gasteiger partial charge in [-0.05, 0) is 61.2 Å². The summed E-state index contributed by atoms with van der Waals surface area (Å²) >= 11 is 0. The number of aryl methyl sites for hydroxylation is 1. The van der Waals surface area contributed by atoms with E-state index < -0.39 is 35.1 Å². The fourth-order valence-corrected chi connectivity index (χ4v) is 4.50. The van der Waals surface area contributed by atoms with Gasteiger partial charge in [-0.25, -0.2) is 8.78 Å². The highest BCUT2D eigenvalue weighted by molar-refractivity contribution is 6.51. The monoisotopic (exact) mass is 491 g/mol. The summed E-state index contributed by atoms with van der Waals surface area (Å²) in [5, 5.41) is 11.4. The van der Waals surface area contributed by atoms with Crippen LogP contribution in [0.5, 0.6) is 5.75 Å². The van der Waals surface area contributed by atoms with E-state index in [0.717, 1.165) is 34.2 Å². The third-order valence-corrected chi connectivity index (χ3v) is 6.18. The number of halogens is 2. The molecule has 3 aromatic carbocycles. The second-order valence-electron chi connectivity index (χ2n) is 9.02. The number of rotatable bonds is 6. The van der Waals surface area contributed by atoms with E-state index in [0.29, 0.717) is 23.5 Å². The smallest absolute Gasteiger partial charge is 0.300 e. The number of nitrogens with zero attached hydrogens (tertiary/aromatic N) is 1. The normalized spacial score (nSPS) is 17.2. The maximum Gasteiger partial charge on any atom is 0.300 e. The zero-order valence-corrected chi connectivity index (χ0v) is 20.5. The topological polar surface area (TPSA) is 66.8 Å². The predicted octanol–water partition coefficient (Wildman–Crippen LogP) is 6.42. The number of anilines is 1. The molecule has 0 aromatic heterocycles. The molecule has 0 saturated carbocycles. The highest BCUT2D eigenvalue weighted by Crippen LogP contribution is 2.43. The van der Waals surface area contributed by atoms with Gasteiger partial charge in [0, 0.05) is 11.6 Å². The van der Waals surface area contributed by atoms with Gasteiger partial charge in [-0.3, -0.25) is 14.5 Å². The second-order valence-corrected chi connectivity index (χ2v) is 9.02. The first kappa shape index (κ1) is 25.1. The van der Waals surface area contributed by atoms with Crippen LogP contribution in [0.1, 0.15) is 55.0 Å². The standard InChI is InChI=1S/C29H27F2NO4/c1-5-36-24-12-9-19(14-21(24)16(2)3)27(33)25-26(18-8-6-7-17(4)13-18)32(29(35)28(25)34)23-15-20(30)10-11-22(23)31/h6-16,26,33H,5H2,1-4H3/b27-25-. The molecule has 36 heavy (non-hydrogen) atoms. The van der Waals surface area contributed by atoms with Gasteiger partial charge in [0.25, 0.3) is 11.7 Å². The lowest BCUT2D eigenvalue weighted by molar-refractivity contribution is -0.132. The molecule has 1 fully saturated rings. The molecule has 0 spiro atoms. The molecule has 1 aliphatic heterocycles. The summed E-state index contributed by atoms with van der Waals surface area (Å²) in [6.07, 6.45) is 0. The number of carbonyl (C=O) groups is 2. The molecule has 1 amide bonds. The summed E-state index contributed by atoms with van der Waals surface area (Å²) in [4.78, 5) is 27.4. The van der Waals surface area contributed by atoms with Gasteiger partial charge in [-0.2, -0.15) is 0 Å². The summed E-state index contributed by atoms with van der Waals surface area (Å²) in [7, 11) is 0. The van der Waals surface area contributed by atoms with E-state index in [1.807, 2.05) is 33.8 Å². The Morgan fingerprint density at radius 1 is 1.06 bits per heavy atom. The Labute approximate surface area is 208 Å².